The SMILES string of the molecule is CC(N)c1cccc(NC(=O)N2CCC(CCO)C2)c1. The maximum Gasteiger partial charge on any atom is 0.321 e. The van der Waals surface area contributed by atoms with Gasteiger partial charge in [0.25, 0.3) is 0 Å². The average molecular weight is 277 g/mol. The van der Waals surface area contributed by atoms with Crippen LogP contribution in [0.2, 0.25) is 0 Å². The van der Waals surface area contributed by atoms with Crippen molar-refractivity contribution in [2.75, 3.05) is 25.0 Å². The summed E-state index contributed by atoms with van der Waals surface area (Å²) < 4.78 is 0. The molecule has 5 nitrogen and oxygen atoms in total. The number of amides is 2. The number of carbonyl (C=O) groups is 1. The van der Waals surface area contributed by atoms with E-state index < -0.39 is 0 Å². The zero-order valence-electron chi connectivity index (χ0n) is 11.9. The maximum atomic E-state index is 12.2. The first-order valence-corrected chi connectivity index (χ1v) is 7.12. The van der Waals surface area contributed by atoms with E-state index in [9.17, 15) is 4.79 Å². The van der Waals surface area contributed by atoms with Gasteiger partial charge in [0, 0.05) is 31.4 Å². The lowest BCUT2D eigenvalue weighted by Gasteiger charge is -2.18. The van der Waals surface area contributed by atoms with Gasteiger partial charge in [-0.25, -0.2) is 4.79 Å². The highest BCUT2D eigenvalue weighted by Gasteiger charge is 2.25. The summed E-state index contributed by atoms with van der Waals surface area (Å²) in [5.41, 5.74) is 7.62. The molecule has 2 atom stereocenters. The van der Waals surface area contributed by atoms with E-state index in [-0.39, 0.29) is 18.7 Å². The van der Waals surface area contributed by atoms with E-state index in [1.54, 1.807) is 4.90 Å². The molecular formula is C15H23N3O2. The average Bonchev–Trinajstić information content (AvgIpc) is 2.88. The summed E-state index contributed by atoms with van der Waals surface area (Å²) in [5.74, 6) is 0.418. The van der Waals surface area contributed by atoms with Crippen LogP contribution in [-0.4, -0.2) is 35.7 Å². The molecule has 0 radical (unpaired) electrons. The van der Waals surface area contributed by atoms with E-state index in [1.165, 1.54) is 0 Å². The van der Waals surface area contributed by atoms with Gasteiger partial charge in [0.15, 0.2) is 0 Å². The number of hydrogen-bond acceptors (Lipinski definition) is 3. The third-order valence-corrected chi connectivity index (χ3v) is 3.77. The van der Waals surface area contributed by atoms with Crippen LogP contribution in [0.4, 0.5) is 10.5 Å². The fourth-order valence-corrected chi connectivity index (χ4v) is 2.54. The Hall–Kier alpha value is -1.59. The summed E-state index contributed by atoms with van der Waals surface area (Å²) in [6, 6.07) is 7.50. The quantitative estimate of drug-likeness (QED) is 0.787. The van der Waals surface area contributed by atoms with E-state index >= 15 is 0 Å². The Morgan fingerprint density at radius 3 is 3.10 bits per heavy atom. The molecule has 2 amide bonds. The molecule has 20 heavy (non-hydrogen) atoms. The first-order valence-electron chi connectivity index (χ1n) is 7.12. The van der Waals surface area contributed by atoms with Gasteiger partial charge in [-0.3, -0.25) is 0 Å². The van der Waals surface area contributed by atoms with Crippen LogP contribution < -0.4 is 11.1 Å². The topological polar surface area (TPSA) is 78.6 Å². The van der Waals surface area contributed by atoms with Gasteiger partial charge in [0.1, 0.15) is 0 Å². The van der Waals surface area contributed by atoms with Crippen LogP contribution in [0.15, 0.2) is 24.3 Å². The predicted molar refractivity (Wildman–Crippen MR) is 79.4 cm³/mol. The summed E-state index contributed by atoms with van der Waals surface area (Å²) in [7, 11) is 0. The van der Waals surface area contributed by atoms with Crippen molar-refractivity contribution in [3.63, 3.8) is 0 Å². The van der Waals surface area contributed by atoms with Crippen molar-refractivity contribution in [3.05, 3.63) is 29.8 Å². The second kappa shape index (κ2) is 6.72. The van der Waals surface area contributed by atoms with E-state index in [2.05, 4.69) is 5.32 Å². The normalized spacial score (nSPS) is 19.9. The smallest absolute Gasteiger partial charge is 0.321 e. The first kappa shape index (κ1) is 14.8. The molecule has 0 aromatic heterocycles. The fraction of sp³-hybridized carbons (Fsp3) is 0.533. The highest BCUT2D eigenvalue weighted by molar-refractivity contribution is 5.89. The van der Waals surface area contributed by atoms with Crippen molar-refractivity contribution in [3.8, 4) is 0 Å². The summed E-state index contributed by atoms with van der Waals surface area (Å²) in [6.45, 7) is 3.58. The minimum Gasteiger partial charge on any atom is -0.396 e. The van der Waals surface area contributed by atoms with Crippen molar-refractivity contribution >= 4 is 11.7 Å². The number of carbonyl (C=O) groups excluding carboxylic acids is 1. The number of likely N-dealkylation sites (tertiary alicyclic amines) is 1. The summed E-state index contributed by atoms with van der Waals surface area (Å²) in [6.07, 6.45) is 1.73. The third kappa shape index (κ3) is 3.71. The summed E-state index contributed by atoms with van der Waals surface area (Å²) in [5, 5.41) is 11.8. The number of urea groups is 1. The molecule has 2 unspecified atom stereocenters. The predicted octanol–water partition coefficient (Wildman–Crippen LogP) is 1.94. The van der Waals surface area contributed by atoms with Crippen molar-refractivity contribution < 1.29 is 9.90 Å². The highest BCUT2D eigenvalue weighted by atomic mass is 16.3. The summed E-state index contributed by atoms with van der Waals surface area (Å²) >= 11 is 0. The number of benzene rings is 1. The van der Waals surface area contributed by atoms with E-state index in [1.807, 2.05) is 31.2 Å². The van der Waals surface area contributed by atoms with Crippen LogP contribution in [0, 0.1) is 5.92 Å². The van der Waals surface area contributed by atoms with E-state index in [0.717, 1.165) is 37.2 Å². The van der Waals surface area contributed by atoms with Gasteiger partial charge in [-0.1, -0.05) is 12.1 Å². The second-order valence-electron chi connectivity index (χ2n) is 5.46. The molecule has 0 aliphatic carbocycles. The van der Waals surface area contributed by atoms with Crippen LogP contribution in [-0.2, 0) is 0 Å². The monoisotopic (exact) mass is 277 g/mol. The van der Waals surface area contributed by atoms with Crippen molar-refractivity contribution in [1.29, 1.82) is 0 Å². The molecule has 0 saturated carbocycles. The van der Waals surface area contributed by atoms with E-state index in [4.69, 9.17) is 10.8 Å². The Labute approximate surface area is 119 Å². The molecule has 1 aliphatic rings. The fourth-order valence-electron chi connectivity index (χ4n) is 2.54. The van der Waals surface area contributed by atoms with Crippen LogP contribution >= 0.6 is 0 Å². The molecule has 1 saturated heterocycles. The van der Waals surface area contributed by atoms with Gasteiger partial charge in [-0.15, -0.1) is 0 Å². The Morgan fingerprint density at radius 1 is 1.60 bits per heavy atom. The number of hydrogen-bond donors (Lipinski definition) is 3. The molecular weight excluding hydrogens is 254 g/mol. The summed E-state index contributed by atoms with van der Waals surface area (Å²) in [4.78, 5) is 14.0. The van der Waals surface area contributed by atoms with Gasteiger partial charge < -0.3 is 21.1 Å². The molecule has 5 heteroatoms. The number of rotatable bonds is 4. The molecule has 0 spiro atoms. The van der Waals surface area contributed by atoms with Crippen molar-refractivity contribution in [1.82, 2.24) is 4.90 Å². The van der Waals surface area contributed by atoms with Gasteiger partial charge in [-0.05, 0) is 43.4 Å². The van der Waals surface area contributed by atoms with Gasteiger partial charge in [0.05, 0.1) is 0 Å². The van der Waals surface area contributed by atoms with Gasteiger partial charge in [-0.2, -0.15) is 0 Å². The zero-order chi connectivity index (χ0) is 14.5. The van der Waals surface area contributed by atoms with Crippen molar-refractivity contribution in [2.24, 2.45) is 11.7 Å². The first-order chi connectivity index (χ1) is 9.60. The minimum atomic E-state index is -0.0766. The largest absolute Gasteiger partial charge is 0.396 e. The lowest BCUT2D eigenvalue weighted by molar-refractivity contribution is 0.217. The van der Waals surface area contributed by atoms with Crippen LogP contribution in [0.5, 0.6) is 0 Å². The standard InChI is InChI=1S/C15H23N3O2/c1-11(16)13-3-2-4-14(9-13)17-15(20)18-7-5-12(10-18)6-8-19/h2-4,9,11-12,19H,5-8,10,16H2,1H3,(H,17,20). The lowest BCUT2D eigenvalue weighted by Crippen LogP contribution is -2.33. The zero-order valence-corrected chi connectivity index (χ0v) is 11.9. The molecule has 0 bridgehead atoms. The Balaban J connectivity index is 1.93. The van der Waals surface area contributed by atoms with E-state index in [0.29, 0.717) is 5.92 Å². The Kier molecular flexibility index (Phi) is 4.98. The highest BCUT2D eigenvalue weighted by Crippen LogP contribution is 2.21. The molecule has 1 aromatic rings. The molecule has 110 valence electrons. The number of aliphatic hydroxyl groups is 1. The van der Waals surface area contributed by atoms with Gasteiger partial charge >= 0.3 is 6.03 Å². The Morgan fingerprint density at radius 2 is 2.40 bits per heavy atom. The number of nitrogens with one attached hydrogen (secondary N) is 1. The maximum absolute atomic E-state index is 12.2. The van der Waals surface area contributed by atoms with Gasteiger partial charge in [0.2, 0.25) is 0 Å². The number of nitrogens with zero attached hydrogens (tertiary/aromatic N) is 1. The number of aliphatic hydroxyl groups excluding tert-OH is 1. The minimum absolute atomic E-state index is 0.0485. The Bertz CT molecular complexity index is 462. The molecule has 1 aromatic carbocycles. The van der Waals surface area contributed by atoms with Crippen LogP contribution in [0.25, 0.3) is 0 Å². The molecule has 4 N–H and O–H groups in total. The van der Waals surface area contributed by atoms with Crippen molar-refractivity contribution in [2.45, 2.75) is 25.8 Å². The number of anilines is 1. The van der Waals surface area contributed by atoms with Crippen LogP contribution in [0.1, 0.15) is 31.4 Å². The second-order valence-corrected chi connectivity index (χ2v) is 5.46. The molecule has 2 rings (SSSR count). The lowest BCUT2D eigenvalue weighted by atomic mass is 10.1. The third-order valence-electron chi connectivity index (χ3n) is 3.77. The van der Waals surface area contributed by atoms with Crippen LogP contribution in [0.3, 0.4) is 0 Å². The molecule has 1 fully saturated rings. The molecule has 1 aliphatic heterocycles. The molecule has 1 heterocycles. The number of nitrogens with two attached hydrogens (primary N) is 1.